The standard InChI is InChI=1S/C18H25N7O2/c1-4-11-5-6-12(8-21-11)23-18-15(17(20)27)22-9-14(25-18)24-13(16(19)26)7-10(2)3/h5-6,8-10,13H,4,7H2,1-3H3,(H2,19,26)(H2,20,27)(H2,23,24,25)/t13-/m1/s1. The summed E-state index contributed by atoms with van der Waals surface area (Å²) in [5.74, 6) is -0.466. The van der Waals surface area contributed by atoms with E-state index in [4.69, 9.17) is 11.5 Å². The molecule has 2 rings (SSSR count). The van der Waals surface area contributed by atoms with E-state index in [0.29, 0.717) is 17.9 Å². The van der Waals surface area contributed by atoms with Crippen LogP contribution in [0.3, 0.4) is 0 Å². The smallest absolute Gasteiger partial charge is 0.271 e. The van der Waals surface area contributed by atoms with Gasteiger partial charge in [0.2, 0.25) is 5.91 Å². The number of primary amides is 2. The molecule has 0 aromatic carbocycles. The fraction of sp³-hybridized carbons (Fsp3) is 0.389. The number of nitrogens with two attached hydrogens (primary N) is 2. The third-order valence-electron chi connectivity index (χ3n) is 3.83. The molecule has 0 fully saturated rings. The van der Waals surface area contributed by atoms with Crippen LogP contribution in [0.5, 0.6) is 0 Å². The zero-order valence-electron chi connectivity index (χ0n) is 15.7. The topological polar surface area (TPSA) is 149 Å². The van der Waals surface area contributed by atoms with Crippen molar-refractivity contribution in [3.05, 3.63) is 35.9 Å². The van der Waals surface area contributed by atoms with Crippen molar-refractivity contribution in [3.8, 4) is 0 Å². The third kappa shape index (κ3) is 5.63. The summed E-state index contributed by atoms with van der Waals surface area (Å²) in [6, 6.07) is 3.09. The van der Waals surface area contributed by atoms with Crippen LogP contribution in [0.1, 0.15) is 43.4 Å². The van der Waals surface area contributed by atoms with E-state index in [2.05, 4.69) is 25.6 Å². The summed E-state index contributed by atoms with van der Waals surface area (Å²) in [5, 5.41) is 5.96. The molecule has 0 saturated carbocycles. The molecule has 0 aliphatic rings. The zero-order chi connectivity index (χ0) is 20.0. The first kappa shape index (κ1) is 20.1. The van der Waals surface area contributed by atoms with Crippen LogP contribution in [0.2, 0.25) is 0 Å². The SMILES string of the molecule is CCc1ccc(Nc2nc(N[C@H](CC(C)C)C(N)=O)cnc2C(N)=O)cn1. The molecule has 27 heavy (non-hydrogen) atoms. The number of nitrogens with one attached hydrogen (secondary N) is 2. The first-order valence-corrected chi connectivity index (χ1v) is 8.74. The van der Waals surface area contributed by atoms with E-state index in [1.54, 1.807) is 6.20 Å². The van der Waals surface area contributed by atoms with Gasteiger partial charge in [-0.2, -0.15) is 0 Å². The van der Waals surface area contributed by atoms with Gasteiger partial charge in [0.25, 0.3) is 5.91 Å². The summed E-state index contributed by atoms with van der Waals surface area (Å²) in [6.07, 6.45) is 4.34. The van der Waals surface area contributed by atoms with Crippen LogP contribution >= 0.6 is 0 Å². The summed E-state index contributed by atoms with van der Waals surface area (Å²) in [5.41, 5.74) is 12.4. The highest BCUT2D eigenvalue weighted by Gasteiger charge is 2.19. The van der Waals surface area contributed by atoms with E-state index in [1.807, 2.05) is 32.9 Å². The molecule has 0 radical (unpaired) electrons. The first-order valence-electron chi connectivity index (χ1n) is 8.74. The number of carbonyl (C=O) groups is 2. The predicted octanol–water partition coefficient (Wildman–Crippen LogP) is 1.59. The Kier molecular flexibility index (Phi) is 6.64. The van der Waals surface area contributed by atoms with Gasteiger partial charge in [-0.3, -0.25) is 14.6 Å². The van der Waals surface area contributed by atoms with Gasteiger partial charge in [0.1, 0.15) is 11.9 Å². The van der Waals surface area contributed by atoms with Crippen LogP contribution in [-0.4, -0.2) is 32.8 Å². The molecule has 1 atom stereocenters. The second-order valence-corrected chi connectivity index (χ2v) is 6.56. The normalized spacial score (nSPS) is 11.9. The summed E-state index contributed by atoms with van der Waals surface area (Å²) >= 11 is 0. The van der Waals surface area contributed by atoms with Crippen LogP contribution in [0.25, 0.3) is 0 Å². The number of aryl methyl sites for hydroxylation is 1. The number of amides is 2. The molecule has 2 aromatic rings. The molecule has 9 nitrogen and oxygen atoms in total. The molecule has 0 unspecified atom stereocenters. The molecule has 144 valence electrons. The fourth-order valence-electron chi connectivity index (χ4n) is 2.47. The van der Waals surface area contributed by atoms with Gasteiger partial charge >= 0.3 is 0 Å². The van der Waals surface area contributed by atoms with E-state index < -0.39 is 17.9 Å². The van der Waals surface area contributed by atoms with Gasteiger partial charge < -0.3 is 22.1 Å². The molecule has 0 aliphatic carbocycles. The number of nitrogens with zero attached hydrogens (tertiary/aromatic N) is 3. The lowest BCUT2D eigenvalue weighted by molar-refractivity contribution is -0.119. The zero-order valence-corrected chi connectivity index (χ0v) is 15.7. The van der Waals surface area contributed by atoms with Crippen molar-refractivity contribution < 1.29 is 9.59 Å². The molecule has 0 saturated heterocycles. The Morgan fingerprint density at radius 2 is 1.89 bits per heavy atom. The summed E-state index contributed by atoms with van der Waals surface area (Å²) in [4.78, 5) is 36.0. The van der Waals surface area contributed by atoms with Crippen LogP contribution in [0.15, 0.2) is 24.5 Å². The van der Waals surface area contributed by atoms with Gasteiger partial charge in [0, 0.05) is 5.69 Å². The molecule has 0 spiro atoms. The monoisotopic (exact) mass is 371 g/mol. The average Bonchev–Trinajstić information content (AvgIpc) is 2.61. The van der Waals surface area contributed by atoms with Crippen molar-refractivity contribution >= 4 is 29.1 Å². The second kappa shape index (κ2) is 8.93. The molecular formula is C18H25N7O2. The predicted molar refractivity (Wildman–Crippen MR) is 104 cm³/mol. The minimum Gasteiger partial charge on any atom is -0.368 e. The van der Waals surface area contributed by atoms with E-state index in [-0.39, 0.29) is 17.4 Å². The van der Waals surface area contributed by atoms with Gasteiger partial charge in [-0.05, 0) is 30.9 Å². The first-order chi connectivity index (χ1) is 12.8. The Bertz CT molecular complexity index is 806. The van der Waals surface area contributed by atoms with Crippen molar-refractivity contribution in [2.75, 3.05) is 10.6 Å². The molecule has 0 aliphatic heterocycles. The van der Waals surface area contributed by atoms with Gasteiger partial charge in [-0.1, -0.05) is 20.8 Å². The minimum absolute atomic E-state index is 0.0143. The number of aromatic nitrogens is 3. The average molecular weight is 371 g/mol. The quantitative estimate of drug-likeness (QED) is 0.523. The van der Waals surface area contributed by atoms with Gasteiger partial charge in [-0.15, -0.1) is 0 Å². The largest absolute Gasteiger partial charge is 0.368 e. The van der Waals surface area contributed by atoms with Gasteiger partial charge in [-0.25, -0.2) is 9.97 Å². The lowest BCUT2D eigenvalue weighted by Crippen LogP contribution is -2.37. The number of hydrogen-bond donors (Lipinski definition) is 4. The highest BCUT2D eigenvalue weighted by Crippen LogP contribution is 2.20. The molecule has 2 aromatic heterocycles. The number of hydrogen-bond acceptors (Lipinski definition) is 7. The van der Waals surface area contributed by atoms with Crippen LogP contribution in [0, 0.1) is 5.92 Å². The molecule has 0 bridgehead atoms. The second-order valence-electron chi connectivity index (χ2n) is 6.56. The molecular weight excluding hydrogens is 346 g/mol. The highest BCUT2D eigenvalue weighted by molar-refractivity contribution is 5.96. The Morgan fingerprint density at radius 3 is 2.41 bits per heavy atom. The maximum Gasteiger partial charge on any atom is 0.271 e. The Morgan fingerprint density at radius 1 is 1.15 bits per heavy atom. The van der Waals surface area contributed by atoms with E-state index >= 15 is 0 Å². The van der Waals surface area contributed by atoms with E-state index in [9.17, 15) is 9.59 Å². The van der Waals surface area contributed by atoms with E-state index in [0.717, 1.165) is 12.1 Å². The van der Waals surface area contributed by atoms with Crippen molar-refractivity contribution in [1.82, 2.24) is 15.0 Å². The summed E-state index contributed by atoms with van der Waals surface area (Å²) in [6.45, 7) is 5.98. The Balaban J connectivity index is 2.29. The Hall–Kier alpha value is -3.23. The highest BCUT2D eigenvalue weighted by atomic mass is 16.1. The molecule has 2 amide bonds. The van der Waals surface area contributed by atoms with Crippen molar-refractivity contribution in [3.63, 3.8) is 0 Å². The van der Waals surface area contributed by atoms with Crippen molar-refractivity contribution in [1.29, 1.82) is 0 Å². The molecule has 6 N–H and O–H groups in total. The number of rotatable bonds is 9. The molecule has 2 heterocycles. The van der Waals surface area contributed by atoms with Crippen molar-refractivity contribution in [2.24, 2.45) is 17.4 Å². The Labute approximate surface area is 158 Å². The third-order valence-corrected chi connectivity index (χ3v) is 3.83. The van der Waals surface area contributed by atoms with Crippen LogP contribution < -0.4 is 22.1 Å². The lowest BCUT2D eigenvalue weighted by atomic mass is 10.0. The minimum atomic E-state index is -0.719. The lowest BCUT2D eigenvalue weighted by Gasteiger charge is -2.18. The van der Waals surface area contributed by atoms with E-state index in [1.165, 1.54) is 6.20 Å². The maximum absolute atomic E-state index is 11.7. The summed E-state index contributed by atoms with van der Waals surface area (Å²) < 4.78 is 0. The van der Waals surface area contributed by atoms with Gasteiger partial charge in [0.15, 0.2) is 11.5 Å². The van der Waals surface area contributed by atoms with Gasteiger partial charge in [0.05, 0.1) is 18.1 Å². The summed E-state index contributed by atoms with van der Waals surface area (Å²) in [7, 11) is 0. The fourth-order valence-corrected chi connectivity index (χ4v) is 2.47. The molecule has 9 heteroatoms. The van der Waals surface area contributed by atoms with Crippen LogP contribution in [-0.2, 0) is 11.2 Å². The van der Waals surface area contributed by atoms with Crippen LogP contribution in [0.4, 0.5) is 17.3 Å². The van der Waals surface area contributed by atoms with Crippen molar-refractivity contribution in [2.45, 2.75) is 39.7 Å². The number of anilines is 3. The maximum atomic E-state index is 11.7. The number of carbonyl (C=O) groups excluding carboxylic acids is 2. The number of pyridine rings is 1.